The van der Waals surface area contributed by atoms with Crippen molar-refractivity contribution in [2.75, 3.05) is 11.9 Å². The predicted octanol–water partition coefficient (Wildman–Crippen LogP) is 1.69. The second-order valence-corrected chi connectivity index (χ2v) is 3.09. The number of nitrogens with one attached hydrogen (secondary N) is 1. The van der Waals surface area contributed by atoms with Crippen molar-refractivity contribution in [1.29, 1.82) is 5.26 Å². The normalized spacial score (nSPS) is 19.2. The van der Waals surface area contributed by atoms with E-state index in [4.69, 9.17) is 10.00 Å². The van der Waals surface area contributed by atoms with Crippen LogP contribution in [0.4, 0.5) is 5.69 Å². The van der Waals surface area contributed by atoms with Crippen LogP contribution in [-0.2, 0) is 0 Å². The lowest BCUT2D eigenvalue weighted by Gasteiger charge is -2.24. The zero-order valence-electron chi connectivity index (χ0n) is 7.37. The van der Waals surface area contributed by atoms with E-state index in [2.05, 4.69) is 11.4 Å². The minimum absolute atomic E-state index is 0.228. The summed E-state index contributed by atoms with van der Waals surface area (Å²) in [6.07, 6.45) is 0. The lowest BCUT2D eigenvalue weighted by atomic mass is 10.1. The molecule has 1 aromatic carbocycles. The molecule has 1 atom stereocenters. The number of nitrogens with zero attached hydrogens (tertiary/aromatic N) is 1. The van der Waals surface area contributed by atoms with Crippen molar-refractivity contribution in [2.45, 2.75) is 13.0 Å². The first-order valence-electron chi connectivity index (χ1n) is 4.20. The van der Waals surface area contributed by atoms with Crippen LogP contribution in [0.25, 0.3) is 0 Å². The van der Waals surface area contributed by atoms with Crippen LogP contribution in [0, 0.1) is 18.3 Å². The first-order chi connectivity index (χ1) is 6.31. The van der Waals surface area contributed by atoms with E-state index < -0.39 is 0 Å². The number of hydrogen-bond donors (Lipinski definition) is 1. The van der Waals surface area contributed by atoms with Gasteiger partial charge in [0.15, 0.2) is 0 Å². The molecule has 13 heavy (non-hydrogen) atoms. The van der Waals surface area contributed by atoms with Gasteiger partial charge in [-0.25, -0.2) is 0 Å². The van der Waals surface area contributed by atoms with Gasteiger partial charge in [0, 0.05) is 0 Å². The predicted molar refractivity (Wildman–Crippen MR) is 49.7 cm³/mol. The molecule has 0 bridgehead atoms. The molecule has 1 aliphatic rings. The van der Waals surface area contributed by atoms with Gasteiger partial charge in [-0.2, -0.15) is 5.26 Å². The molecule has 0 fully saturated rings. The maximum atomic E-state index is 8.69. The molecule has 1 aliphatic heterocycles. The van der Waals surface area contributed by atoms with E-state index in [1.165, 1.54) is 0 Å². The standard InChI is InChI=1S/C10H10N2O/c1-7-3-2-4-9-10(7)13-6-8(5-11)12-9/h2-4,8,12H,6H2,1H3. The lowest BCUT2D eigenvalue weighted by Crippen LogP contribution is -2.30. The molecule has 0 amide bonds. The maximum absolute atomic E-state index is 8.69. The molecule has 1 aromatic rings. The van der Waals surface area contributed by atoms with Crippen molar-refractivity contribution >= 4 is 5.69 Å². The highest BCUT2D eigenvalue weighted by molar-refractivity contribution is 5.62. The highest BCUT2D eigenvalue weighted by atomic mass is 16.5. The van der Waals surface area contributed by atoms with Crippen molar-refractivity contribution in [3.8, 4) is 11.8 Å². The Morgan fingerprint density at radius 3 is 3.23 bits per heavy atom. The molecule has 66 valence electrons. The zero-order chi connectivity index (χ0) is 9.26. The summed E-state index contributed by atoms with van der Waals surface area (Å²) in [7, 11) is 0. The fourth-order valence-electron chi connectivity index (χ4n) is 1.42. The van der Waals surface area contributed by atoms with Gasteiger partial charge in [0.05, 0.1) is 11.8 Å². The van der Waals surface area contributed by atoms with Crippen molar-refractivity contribution in [2.24, 2.45) is 0 Å². The number of rotatable bonds is 0. The van der Waals surface area contributed by atoms with Gasteiger partial charge in [-0.3, -0.25) is 0 Å². The number of ether oxygens (including phenoxy) is 1. The summed E-state index contributed by atoms with van der Waals surface area (Å²) >= 11 is 0. The van der Waals surface area contributed by atoms with E-state index in [1.54, 1.807) is 0 Å². The first kappa shape index (κ1) is 7.93. The Bertz CT molecular complexity index is 368. The Kier molecular flexibility index (Phi) is 1.82. The molecule has 0 spiro atoms. The zero-order valence-corrected chi connectivity index (χ0v) is 7.37. The first-order valence-corrected chi connectivity index (χ1v) is 4.20. The van der Waals surface area contributed by atoms with E-state index in [1.807, 2.05) is 25.1 Å². The van der Waals surface area contributed by atoms with Gasteiger partial charge in [-0.05, 0) is 18.6 Å². The number of anilines is 1. The summed E-state index contributed by atoms with van der Waals surface area (Å²) in [5, 5.41) is 11.8. The molecule has 3 heteroatoms. The Morgan fingerprint density at radius 1 is 1.62 bits per heavy atom. The van der Waals surface area contributed by atoms with Crippen molar-refractivity contribution < 1.29 is 4.74 Å². The fourth-order valence-corrected chi connectivity index (χ4v) is 1.42. The van der Waals surface area contributed by atoms with Gasteiger partial charge in [0.1, 0.15) is 18.4 Å². The monoisotopic (exact) mass is 174 g/mol. The average Bonchev–Trinajstić information content (AvgIpc) is 2.18. The third kappa shape index (κ3) is 1.31. The molecule has 2 rings (SSSR count). The molecule has 0 aromatic heterocycles. The van der Waals surface area contributed by atoms with Crippen LogP contribution in [0.2, 0.25) is 0 Å². The van der Waals surface area contributed by atoms with Crippen molar-refractivity contribution in [3.63, 3.8) is 0 Å². The molecular formula is C10H10N2O. The summed E-state index contributed by atoms with van der Waals surface area (Å²) in [6, 6.07) is 7.77. The molecule has 1 unspecified atom stereocenters. The summed E-state index contributed by atoms with van der Waals surface area (Å²) in [6.45, 7) is 2.42. The molecule has 0 radical (unpaired) electrons. The SMILES string of the molecule is Cc1cccc2c1OCC(C#N)N2. The topological polar surface area (TPSA) is 45.0 Å². The summed E-state index contributed by atoms with van der Waals surface area (Å²) in [5.41, 5.74) is 2.01. The highest BCUT2D eigenvalue weighted by Gasteiger charge is 2.18. The Hall–Kier alpha value is -1.69. The Balaban J connectivity index is 2.37. The highest BCUT2D eigenvalue weighted by Crippen LogP contribution is 2.31. The van der Waals surface area contributed by atoms with Crippen LogP contribution in [0.15, 0.2) is 18.2 Å². The van der Waals surface area contributed by atoms with E-state index >= 15 is 0 Å². The second kappa shape index (κ2) is 2.98. The number of benzene rings is 1. The van der Waals surface area contributed by atoms with Gasteiger partial charge in [0.25, 0.3) is 0 Å². The third-order valence-corrected chi connectivity index (χ3v) is 2.09. The van der Waals surface area contributed by atoms with Crippen LogP contribution in [0.1, 0.15) is 5.56 Å². The molecular weight excluding hydrogens is 164 g/mol. The van der Waals surface area contributed by atoms with E-state index in [9.17, 15) is 0 Å². The van der Waals surface area contributed by atoms with Crippen molar-refractivity contribution in [3.05, 3.63) is 23.8 Å². The van der Waals surface area contributed by atoms with Gasteiger partial charge in [-0.15, -0.1) is 0 Å². The maximum Gasteiger partial charge on any atom is 0.149 e. The number of nitriles is 1. The van der Waals surface area contributed by atoms with Crippen molar-refractivity contribution in [1.82, 2.24) is 0 Å². The summed E-state index contributed by atoms with van der Waals surface area (Å²) < 4.78 is 5.47. The third-order valence-electron chi connectivity index (χ3n) is 2.09. The van der Waals surface area contributed by atoms with E-state index in [0.717, 1.165) is 17.0 Å². The fraction of sp³-hybridized carbons (Fsp3) is 0.300. The average molecular weight is 174 g/mol. The Labute approximate surface area is 76.9 Å². The quantitative estimate of drug-likeness (QED) is 0.651. The molecule has 0 aliphatic carbocycles. The number of para-hydroxylation sites is 1. The van der Waals surface area contributed by atoms with Crippen LogP contribution in [-0.4, -0.2) is 12.6 Å². The summed E-state index contributed by atoms with van der Waals surface area (Å²) in [4.78, 5) is 0. The van der Waals surface area contributed by atoms with Gasteiger partial charge >= 0.3 is 0 Å². The van der Waals surface area contributed by atoms with E-state index in [0.29, 0.717) is 6.61 Å². The molecule has 3 nitrogen and oxygen atoms in total. The van der Waals surface area contributed by atoms with Gasteiger partial charge in [-0.1, -0.05) is 12.1 Å². The smallest absolute Gasteiger partial charge is 0.149 e. The number of hydrogen-bond acceptors (Lipinski definition) is 3. The largest absolute Gasteiger partial charge is 0.488 e. The summed E-state index contributed by atoms with van der Waals surface area (Å²) in [5.74, 6) is 0.869. The minimum atomic E-state index is -0.228. The minimum Gasteiger partial charge on any atom is -0.488 e. The van der Waals surface area contributed by atoms with Gasteiger partial charge < -0.3 is 10.1 Å². The second-order valence-electron chi connectivity index (χ2n) is 3.09. The van der Waals surface area contributed by atoms with E-state index in [-0.39, 0.29) is 6.04 Å². The van der Waals surface area contributed by atoms with Gasteiger partial charge in [0.2, 0.25) is 0 Å². The lowest BCUT2D eigenvalue weighted by molar-refractivity contribution is 0.302. The molecule has 0 saturated carbocycles. The van der Waals surface area contributed by atoms with Crippen LogP contribution in [0.3, 0.4) is 0 Å². The van der Waals surface area contributed by atoms with Crippen LogP contribution in [0.5, 0.6) is 5.75 Å². The molecule has 1 heterocycles. The Morgan fingerprint density at radius 2 is 2.46 bits per heavy atom. The van der Waals surface area contributed by atoms with Crippen LogP contribution < -0.4 is 10.1 Å². The van der Waals surface area contributed by atoms with Crippen LogP contribution >= 0.6 is 0 Å². The molecule has 1 N–H and O–H groups in total. The number of fused-ring (bicyclic) bond motifs is 1. The molecule has 0 saturated heterocycles. The number of aryl methyl sites for hydroxylation is 1.